The number of carbonyl (C=O) groups is 1. The minimum atomic E-state index is -0.147. The van der Waals surface area contributed by atoms with E-state index in [1.165, 1.54) is 0 Å². The third kappa shape index (κ3) is 3.34. The Kier molecular flexibility index (Phi) is 4.57. The summed E-state index contributed by atoms with van der Waals surface area (Å²) in [7, 11) is 3.97. The van der Waals surface area contributed by atoms with Gasteiger partial charge in [0.1, 0.15) is 5.82 Å². The van der Waals surface area contributed by atoms with Gasteiger partial charge in [0.15, 0.2) is 0 Å². The summed E-state index contributed by atoms with van der Waals surface area (Å²) >= 11 is 0. The van der Waals surface area contributed by atoms with Crippen molar-refractivity contribution >= 4 is 28.3 Å². The molecule has 0 aliphatic heterocycles. The van der Waals surface area contributed by atoms with E-state index in [1.807, 2.05) is 98.7 Å². The lowest BCUT2D eigenvalue weighted by molar-refractivity contribution is 0.102. The number of nitrogens with zero attached hydrogens (tertiary/aromatic N) is 3. The van der Waals surface area contributed by atoms with Crippen LogP contribution >= 0.6 is 0 Å². The summed E-state index contributed by atoms with van der Waals surface area (Å²) in [4.78, 5) is 19.3. The van der Waals surface area contributed by atoms with E-state index >= 15 is 0 Å². The van der Waals surface area contributed by atoms with E-state index in [2.05, 4.69) is 14.9 Å². The molecule has 0 unspecified atom stereocenters. The monoisotopic (exact) mass is 370 g/mol. The number of anilines is 2. The van der Waals surface area contributed by atoms with Gasteiger partial charge >= 0.3 is 0 Å². The van der Waals surface area contributed by atoms with Crippen LogP contribution in [0, 0.1) is 6.92 Å². The van der Waals surface area contributed by atoms with E-state index in [-0.39, 0.29) is 5.91 Å². The van der Waals surface area contributed by atoms with Crippen LogP contribution < -0.4 is 10.2 Å². The molecule has 4 aromatic rings. The zero-order chi connectivity index (χ0) is 19.7. The van der Waals surface area contributed by atoms with Crippen molar-refractivity contribution in [3.63, 3.8) is 0 Å². The number of imidazole rings is 1. The minimum Gasteiger partial charge on any atom is -0.378 e. The van der Waals surface area contributed by atoms with E-state index < -0.39 is 0 Å². The fourth-order valence-electron chi connectivity index (χ4n) is 3.29. The third-order valence-corrected chi connectivity index (χ3v) is 4.74. The summed E-state index contributed by atoms with van der Waals surface area (Å²) in [5.74, 6) is 0.740. The highest BCUT2D eigenvalue weighted by atomic mass is 16.1. The number of nitrogens with one attached hydrogen (secondary N) is 1. The predicted octanol–water partition coefficient (Wildman–Crippen LogP) is 4.65. The summed E-state index contributed by atoms with van der Waals surface area (Å²) in [5, 5.41) is 2.95. The maximum atomic E-state index is 12.7. The van der Waals surface area contributed by atoms with Crippen molar-refractivity contribution < 1.29 is 4.79 Å². The molecular weight excluding hydrogens is 348 g/mol. The molecule has 0 saturated heterocycles. The molecule has 1 N–H and O–H groups in total. The highest BCUT2D eigenvalue weighted by molar-refractivity contribution is 6.06. The summed E-state index contributed by atoms with van der Waals surface area (Å²) in [5.41, 5.74) is 5.28. The van der Waals surface area contributed by atoms with Crippen LogP contribution in [-0.4, -0.2) is 29.6 Å². The summed E-state index contributed by atoms with van der Waals surface area (Å²) in [6.45, 7) is 1.97. The maximum Gasteiger partial charge on any atom is 0.255 e. The lowest BCUT2D eigenvalue weighted by Crippen LogP contribution is -2.12. The minimum absolute atomic E-state index is 0.147. The second-order valence-corrected chi connectivity index (χ2v) is 6.93. The number of fused-ring (bicyclic) bond motifs is 1. The number of benzene rings is 3. The van der Waals surface area contributed by atoms with Crippen molar-refractivity contribution in [2.45, 2.75) is 6.92 Å². The number of rotatable bonds is 4. The number of para-hydroxylation sites is 1. The van der Waals surface area contributed by atoms with E-state index in [9.17, 15) is 4.79 Å². The van der Waals surface area contributed by atoms with E-state index in [0.717, 1.165) is 33.9 Å². The lowest BCUT2D eigenvalue weighted by Gasteiger charge is -2.13. The van der Waals surface area contributed by atoms with E-state index in [1.54, 1.807) is 0 Å². The van der Waals surface area contributed by atoms with Gasteiger partial charge in [-0.25, -0.2) is 4.98 Å². The Bertz CT molecular complexity index is 1130. The molecule has 4 rings (SSSR count). The van der Waals surface area contributed by atoms with Gasteiger partial charge in [-0.15, -0.1) is 0 Å². The number of hydrogen-bond donors (Lipinski definition) is 1. The van der Waals surface area contributed by atoms with Crippen molar-refractivity contribution in [3.05, 3.63) is 84.2 Å². The first-order valence-corrected chi connectivity index (χ1v) is 9.16. The SMILES string of the molecule is Cc1nc2cc(C(=O)Nc3ccc(N(C)C)cc3)ccc2n1-c1ccccc1. The average molecular weight is 370 g/mol. The molecule has 0 saturated carbocycles. The largest absolute Gasteiger partial charge is 0.378 e. The molecule has 0 aliphatic rings. The quantitative estimate of drug-likeness (QED) is 0.569. The molecule has 0 bridgehead atoms. The molecule has 1 amide bonds. The number of carbonyl (C=O) groups excluding carboxylic acids is 1. The highest BCUT2D eigenvalue weighted by Crippen LogP contribution is 2.23. The van der Waals surface area contributed by atoms with Gasteiger partial charge in [0.05, 0.1) is 11.0 Å². The topological polar surface area (TPSA) is 50.2 Å². The first kappa shape index (κ1) is 17.8. The molecule has 0 radical (unpaired) electrons. The molecule has 140 valence electrons. The first-order valence-electron chi connectivity index (χ1n) is 9.16. The Morgan fingerprint density at radius 1 is 0.964 bits per heavy atom. The van der Waals surface area contributed by atoms with Gasteiger partial charge in [0.25, 0.3) is 5.91 Å². The van der Waals surface area contributed by atoms with Gasteiger partial charge < -0.3 is 10.2 Å². The van der Waals surface area contributed by atoms with E-state index in [4.69, 9.17) is 0 Å². The van der Waals surface area contributed by atoms with Crippen LogP contribution in [0.1, 0.15) is 16.2 Å². The maximum absolute atomic E-state index is 12.7. The molecule has 0 spiro atoms. The first-order chi connectivity index (χ1) is 13.5. The summed E-state index contributed by atoms with van der Waals surface area (Å²) < 4.78 is 2.09. The highest BCUT2D eigenvalue weighted by Gasteiger charge is 2.13. The van der Waals surface area contributed by atoms with Crippen molar-refractivity contribution in [2.24, 2.45) is 0 Å². The zero-order valence-electron chi connectivity index (χ0n) is 16.2. The second-order valence-electron chi connectivity index (χ2n) is 6.93. The van der Waals surface area contributed by atoms with Gasteiger partial charge in [-0.1, -0.05) is 18.2 Å². The van der Waals surface area contributed by atoms with Crippen LogP contribution in [0.25, 0.3) is 16.7 Å². The molecule has 0 aliphatic carbocycles. The molecule has 1 aromatic heterocycles. The van der Waals surface area contributed by atoms with Crippen LogP contribution in [0.2, 0.25) is 0 Å². The van der Waals surface area contributed by atoms with Gasteiger partial charge in [0.2, 0.25) is 0 Å². The predicted molar refractivity (Wildman–Crippen MR) is 115 cm³/mol. The molecule has 28 heavy (non-hydrogen) atoms. The zero-order valence-corrected chi connectivity index (χ0v) is 16.2. The molecule has 1 heterocycles. The van der Waals surface area contributed by atoms with Gasteiger partial charge in [-0.2, -0.15) is 0 Å². The van der Waals surface area contributed by atoms with Crippen LogP contribution in [-0.2, 0) is 0 Å². The second kappa shape index (κ2) is 7.19. The third-order valence-electron chi connectivity index (χ3n) is 4.74. The van der Waals surface area contributed by atoms with Crippen molar-refractivity contribution in [1.29, 1.82) is 0 Å². The summed E-state index contributed by atoms with van der Waals surface area (Å²) in [6, 6.07) is 23.5. The van der Waals surface area contributed by atoms with E-state index in [0.29, 0.717) is 5.56 Å². The van der Waals surface area contributed by atoms with Crippen molar-refractivity contribution in [2.75, 3.05) is 24.3 Å². The standard InChI is InChI=1S/C23H22N4O/c1-16-24-21-15-17(9-14-22(21)27(16)20-7-5-4-6-8-20)23(28)25-18-10-12-19(13-11-18)26(2)3/h4-15H,1-3H3,(H,25,28). The normalized spacial score (nSPS) is 10.8. The van der Waals surface area contributed by atoms with Gasteiger partial charge in [-0.05, 0) is 61.5 Å². The number of aromatic nitrogens is 2. The molecule has 5 heteroatoms. The fourth-order valence-corrected chi connectivity index (χ4v) is 3.29. The van der Waals surface area contributed by atoms with Gasteiger partial charge in [-0.3, -0.25) is 9.36 Å². The van der Waals surface area contributed by atoms with Gasteiger partial charge in [0, 0.05) is 36.7 Å². The average Bonchev–Trinajstić information content (AvgIpc) is 3.03. The Hall–Kier alpha value is -3.60. The Morgan fingerprint density at radius 2 is 1.68 bits per heavy atom. The molecule has 0 atom stereocenters. The van der Waals surface area contributed by atoms with Crippen molar-refractivity contribution in [3.8, 4) is 5.69 Å². The number of hydrogen-bond acceptors (Lipinski definition) is 3. The summed E-state index contributed by atoms with van der Waals surface area (Å²) in [6.07, 6.45) is 0. The van der Waals surface area contributed by atoms with Crippen LogP contribution in [0.4, 0.5) is 11.4 Å². The Morgan fingerprint density at radius 3 is 2.36 bits per heavy atom. The smallest absolute Gasteiger partial charge is 0.255 e. The van der Waals surface area contributed by atoms with Crippen LogP contribution in [0.5, 0.6) is 0 Å². The number of amides is 1. The Balaban J connectivity index is 1.62. The van der Waals surface area contributed by atoms with Crippen molar-refractivity contribution in [1.82, 2.24) is 9.55 Å². The van der Waals surface area contributed by atoms with Crippen LogP contribution in [0.3, 0.4) is 0 Å². The molecule has 5 nitrogen and oxygen atoms in total. The van der Waals surface area contributed by atoms with Crippen LogP contribution in [0.15, 0.2) is 72.8 Å². The lowest BCUT2D eigenvalue weighted by atomic mass is 10.1. The molecule has 3 aromatic carbocycles. The molecule has 0 fully saturated rings. The fraction of sp³-hybridized carbons (Fsp3) is 0.130. The number of aryl methyl sites for hydroxylation is 1. The Labute approximate surface area is 164 Å². The molecular formula is C23H22N4O.